The third-order valence-corrected chi connectivity index (χ3v) is 4.45. The van der Waals surface area contributed by atoms with E-state index in [2.05, 4.69) is 10.3 Å². The second-order valence-corrected chi connectivity index (χ2v) is 5.95. The molecule has 21 heavy (non-hydrogen) atoms. The molecule has 0 saturated carbocycles. The third-order valence-electron chi connectivity index (χ3n) is 2.80. The molecule has 1 amide bonds. The Morgan fingerprint density at radius 3 is 3.00 bits per heavy atom. The molecule has 0 spiro atoms. The van der Waals surface area contributed by atoms with Gasteiger partial charge in [-0.25, -0.2) is 4.98 Å². The van der Waals surface area contributed by atoms with Crippen molar-refractivity contribution in [1.29, 1.82) is 5.26 Å². The van der Waals surface area contributed by atoms with Crippen molar-refractivity contribution in [1.82, 2.24) is 9.55 Å². The fraction of sp³-hybridized carbons (Fsp3) is 0.0769. The monoisotopic (exact) mass is 316 g/mol. The van der Waals surface area contributed by atoms with Gasteiger partial charge in [0.25, 0.3) is 5.56 Å². The van der Waals surface area contributed by atoms with Gasteiger partial charge in [-0.2, -0.15) is 5.26 Å². The third kappa shape index (κ3) is 2.56. The minimum absolute atomic E-state index is 0.139. The molecule has 6 nitrogen and oxygen atoms in total. The van der Waals surface area contributed by atoms with Gasteiger partial charge in [-0.1, -0.05) is 0 Å². The van der Waals surface area contributed by atoms with Gasteiger partial charge in [0.05, 0.1) is 17.3 Å². The molecule has 3 aromatic heterocycles. The van der Waals surface area contributed by atoms with Crippen molar-refractivity contribution in [2.24, 2.45) is 0 Å². The lowest BCUT2D eigenvalue weighted by Gasteiger charge is -2.05. The second-order valence-electron chi connectivity index (χ2n) is 4.14. The average molecular weight is 316 g/mol. The van der Waals surface area contributed by atoms with Gasteiger partial charge in [-0.15, -0.1) is 22.7 Å². The van der Waals surface area contributed by atoms with E-state index in [1.165, 1.54) is 33.6 Å². The van der Waals surface area contributed by atoms with E-state index in [9.17, 15) is 9.59 Å². The van der Waals surface area contributed by atoms with Crippen molar-refractivity contribution in [3.8, 4) is 6.07 Å². The van der Waals surface area contributed by atoms with E-state index in [0.717, 1.165) is 0 Å². The highest BCUT2D eigenvalue weighted by molar-refractivity contribution is 7.16. The van der Waals surface area contributed by atoms with Crippen molar-refractivity contribution >= 4 is 43.8 Å². The van der Waals surface area contributed by atoms with Gasteiger partial charge in [-0.3, -0.25) is 14.2 Å². The summed E-state index contributed by atoms with van der Waals surface area (Å²) in [5.74, 6) is -0.368. The first-order valence-electron chi connectivity index (χ1n) is 5.89. The molecule has 3 aromatic rings. The zero-order chi connectivity index (χ0) is 14.8. The number of carbonyl (C=O) groups is 1. The van der Waals surface area contributed by atoms with Gasteiger partial charge in [0.15, 0.2) is 0 Å². The minimum Gasteiger partial charge on any atom is -0.315 e. The Labute approximate surface area is 126 Å². The van der Waals surface area contributed by atoms with Gasteiger partial charge in [0, 0.05) is 0 Å². The van der Waals surface area contributed by atoms with Crippen LogP contribution in [0.2, 0.25) is 0 Å². The molecule has 0 unspecified atom stereocenters. The zero-order valence-corrected chi connectivity index (χ0v) is 12.2. The molecule has 0 saturated heterocycles. The number of aromatic nitrogens is 2. The molecule has 3 rings (SSSR count). The van der Waals surface area contributed by atoms with Crippen LogP contribution in [0.4, 0.5) is 5.00 Å². The summed E-state index contributed by atoms with van der Waals surface area (Å²) in [5.41, 5.74) is 0.162. The minimum atomic E-state index is -0.368. The van der Waals surface area contributed by atoms with E-state index < -0.39 is 0 Å². The predicted molar refractivity (Wildman–Crippen MR) is 81.5 cm³/mol. The Balaban J connectivity index is 1.82. The van der Waals surface area contributed by atoms with Crippen molar-refractivity contribution < 1.29 is 4.79 Å². The standard InChI is InChI=1S/C13H8N4O2S2/c14-5-8-1-3-20-11(8)16-10(18)6-17-7-15-12-9(13(17)19)2-4-21-12/h1-4,7H,6H2,(H,16,18). The topological polar surface area (TPSA) is 87.8 Å². The molecule has 0 atom stereocenters. The number of nitrogens with one attached hydrogen (secondary N) is 1. The first kappa shape index (κ1) is 13.5. The van der Waals surface area contributed by atoms with E-state index in [-0.39, 0.29) is 18.0 Å². The predicted octanol–water partition coefficient (Wildman–Crippen LogP) is 2.03. The maximum Gasteiger partial charge on any atom is 0.262 e. The van der Waals surface area contributed by atoms with Crippen molar-refractivity contribution in [2.45, 2.75) is 6.54 Å². The first-order valence-corrected chi connectivity index (χ1v) is 7.65. The summed E-state index contributed by atoms with van der Waals surface area (Å²) in [4.78, 5) is 28.9. The quantitative estimate of drug-likeness (QED) is 0.801. The van der Waals surface area contributed by atoms with E-state index >= 15 is 0 Å². The van der Waals surface area contributed by atoms with Crippen LogP contribution in [0.3, 0.4) is 0 Å². The van der Waals surface area contributed by atoms with E-state index in [1.54, 1.807) is 22.9 Å². The lowest BCUT2D eigenvalue weighted by molar-refractivity contribution is -0.116. The SMILES string of the molecule is N#Cc1ccsc1NC(=O)Cn1cnc2sccc2c1=O. The lowest BCUT2D eigenvalue weighted by atomic mass is 10.3. The number of carbonyl (C=O) groups excluding carboxylic acids is 1. The number of hydrogen-bond donors (Lipinski definition) is 1. The number of thiophene rings is 2. The molecule has 0 aliphatic rings. The number of nitrogens with zero attached hydrogens (tertiary/aromatic N) is 3. The van der Waals surface area contributed by atoms with Crippen LogP contribution < -0.4 is 10.9 Å². The summed E-state index contributed by atoms with van der Waals surface area (Å²) in [6.07, 6.45) is 1.36. The van der Waals surface area contributed by atoms with Crippen LogP contribution >= 0.6 is 22.7 Å². The van der Waals surface area contributed by atoms with Crippen LogP contribution in [-0.2, 0) is 11.3 Å². The number of fused-ring (bicyclic) bond motifs is 1. The Morgan fingerprint density at radius 2 is 2.19 bits per heavy atom. The van der Waals surface area contributed by atoms with Crippen molar-refractivity contribution in [3.05, 3.63) is 45.1 Å². The molecule has 104 valence electrons. The zero-order valence-electron chi connectivity index (χ0n) is 10.6. The number of nitriles is 1. The van der Waals surface area contributed by atoms with Crippen LogP contribution in [-0.4, -0.2) is 15.5 Å². The van der Waals surface area contributed by atoms with Gasteiger partial charge < -0.3 is 5.32 Å². The molecule has 1 N–H and O–H groups in total. The summed E-state index contributed by atoms with van der Waals surface area (Å²) in [5, 5.41) is 16.0. The fourth-order valence-corrected chi connectivity index (χ4v) is 3.30. The molecule has 0 bridgehead atoms. The summed E-state index contributed by atoms with van der Waals surface area (Å²) >= 11 is 2.64. The highest BCUT2D eigenvalue weighted by Gasteiger charge is 2.11. The fourth-order valence-electron chi connectivity index (χ4n) is 1.82. The molecule has 3 heterocycles. The Hall–Kier alpha value is -2.50. The maximum atomic E-state index is 12.2. The number of anilines is 1. The van der Waals surface area contributed by atoms with Gasteiger partial charge in [-0.05, 0) is 22.9 Å². The first-order chi connectivity index (χ1) is 10.2. The molecule has 0 aliphatic heterocycles. The van der Waals surface area contributed by atoms with Crippen LogP contribution in [0.5, 0.6) is 0 Å². The van der Waals surface area contributed by atoms with Crippen LogP contribution in [0.15, 0.2) is 34.0 Å². The summed E-state index contributed by atoms with van der Waals surface area (Å²) < 4.78 is 1.25. The smallest absolute Gasteiger partial charge is 0.262 e. The van der Waals surface area contributed by atoms with Crippen LogP contribution in [0.1, 0.15) is 5.56 Å². The van der Waals surface area contributed by atoms with Crippen LogP contribution in [0.25, 0.3) is 10.2 Å². The largest absolute Gasteiger partial charge is 0.315 e. The molecular weight excluding hydrogens is 308 g/mol. The normalized spacial score (nSPS) is 10.4. The van der Waals surface area contributed by atoms with Gasteiger partial charge >= 0.3 is 0 Å². The van der Waals surface area contributed by atoms with Crippen LogP contribution in [0, 0.1) is 11.3 Å². The summed E-state index contributed by atoms with van der Waals surface area (Å²) in [6.45, 7) is -0.139. The van der Waals surface area contributed by atoms with E-state index in [4.69, 9.17) is 5.26 Å². The summed E-state index contributed by atoms with van der Waals surface area (Å²) in [6, 6.07) is 5.31. The molecular formula is C13H8N4O2S2. The van der Waals surface area contributed by atoms with E-state index in [0.29, 0.717) is 20.8 Å². The molecule has 0 fully saturated rings. The Kier molecular flexibility index (Phi) is 3.51. The maximum absolute atomic E-state index is 12.2. The number of rotatable bonds is 3. The molecule has 8 heteroatoms. The molecule has 0 aliphatic carbocycles. The van der Waals surface area contributed by atoms with Gasteiger partial charge in [0.2, 0.25) is 5.91 Å². The van der Waals surface area contributed by atoms with Crippen molar-refractivity contribution in [3.63, 3.8) is 0 Å². The number of hydrogen-bond acceptors (Lipinski definition) is 6. The molecule has 0 radical (unpaired) electrons. The molecule has 0 aromatic carbocycles. The van der Waals surface area contributed by atoms with Gasteiger partial charge in [0.1, 0.15) is 22.4 Å². The van der Waals surface area contributed by atoms with E-state index in [1.807, 2.05) is 6.07 Å². The Morgan fingerprint density at radius 1 is 1.38 bits per heavy atom. The highest BCUT2D eigenvalue weighted by Crippen LogP contribution is 2.22. The number of amides is 1. The lowest BCUT2D eigenvalue weighted by Crippen LogP contribution is -2.27. The second kappa shape index (κ2) is 5.47. The highest BCUT2D eigenvalue weighted by atomic mass is 32.1. The Bertz CT molecular complexity index is 916. The summed E-state index contributed by atoms with van der Waals surface area (Å²) in [7, 11) is 0. The van der Waals surface area contributed by atoms with Crippen molar-refractivity contribution in [2.75, 3.05) is 5.32 Å². The average Bonchev–Trinajstić information content (AvgIpc) is 3.10.